The van der Waals surface area contributed by atoms with Gasteiger partial charge >= 0.3 is 0 Å². The van der Waals surface area contributed by atoms with E-state index in [1.165, 1.54) is 45.1 Å². The summed E-state index contributed by atoms with van der Waals surface area (Å²) in [6, 6.07) is 35.0. The molecule has 0 saturated heterocycles. The lowest BCUT2D eigenvalue weighted by Crippen LogP contribution is -2.28. The lowest BCUT2D eigenvalue weighted by atomic mass is 9.81. The normalized spacial score (nSPS) is 17.4. The Kier molecular flexibility index (Phi) is 16.9. The van der Waals surface area contributed by atoms with Gasteiger partial charge in [0.2, 0.25) is 11.6 Å². The van der Waals surface area contributed by atoms with Crippen LogP contribution in [0.3, 0.4) is 0 Å². The van der Waals surface area contributed by atoms with Gasteiger partial charge in [-0.05, 0) is 111 Å². The van der Waals surface area contributed by atoms with Gasteiger partial charge in [-0.3, -0.25) is 9.59 Å². The van der Waals surface area contributed by atoms with Gasteiger partial charge in [0.15, 0.2) is 5.71 Å². The molecule has 2 amide bonds. The smallest absolute Gasteiger partial charge is 0.251 e. The highest BCUT2D eigenvalue weighted by atomic mass is 16.5. The summed E-state index contributed by atoms with van der Waals surface area (Å²) in [4.78, 5) is 27.4. The number of aryl methyl sites for hydroxylation is 1. The van der Waals surface area contributed by atoms with Crippen molar-refractivity contribution in [3.8, 4) is 5.75 Å². The quantitative estimate of drug-likeness (QED) is 0.0603. The molecule has 67 heavy (non-hydrogen) atoms. The number of nitrogens with zero attached hydrogens (tertiary/aromatic N) is 2. The van der Waals surface area contributed by atoms with Crippen LogP contribution in [0.4, 0.5) is 11.4 Å². The molecular formula is C58H71N4O5+. The molecule has 3 aliphatic rings. The molecule has 0 spiro atoms. The molecule has 9 nitrogen and oxygen atoms in total. The van der Waals surface area contributed by atoms with Gasteiger partial charge in [-0.1, -0.05) is 101 Å². The number of hydrogen-bond donors (Lipinski definition) is 2. The van der Waals surface area contributed by atoms with Crippen LogP contribution in [0, 0.1) is 0 Å². The molecule has 2 N–H and O–H groups in total. The van der Waals surface area contributed by atoms with E-state index in [9.17, 15) is 9.59 Å². The molecule has 2 aliphatic heterocycles. The summed E-state index contributed by atoms with van der Waals surface area (Å²) in [5.74, 6) is 1.57. The van der Waals surface area contributed by atoms with Crippen molar-refractivity contribution in [2.75, 3.05) is 57.5 Å². The van der Waals surface area contributed by atoms with E-state index >= 15 is 0 Å². The molecule has 4 aromatic carbocycles. The van der Waals surface area contributed by atoms with Gasteiger partial charge in [-0.2, -0.15) is 4.58 Å². The molecule has 0 bridgehead atoms. The Morgan fingerprint density at radius 2 is 1.40 bits per heavy atom. The maximum atomic E-state index is 12.7. The number of carbonyl (C=O) groups is 2. The number of benzene rings is 4. The first-order chi connectivity index (χ1) is 32.5. The number of nitrogens with one attached hydrogen (secondary N) is 2. The number of carbonyl (C=O) groups excluding carboxylic acids is 2. The third kappa shape index (κ3) is 11.9. The Morgan fingerprint density at radius 1 is 0.716 bits per heavy atom. The molecule has 0 aromatic heterocycles. The van der Waals surface area contributed by atoms with Crippen LogP contribution in [0.25, 0.3) is 0 Å². The summed E-state index contributed by atoms with van der Waals surface area (Å²) in [5, 5.41) is 5.80. The van der Waals surface area contributed by atoms with E-state index in [-0.39, 0.29) is 22.6 Å². The molecule has 2 heterocycles. The molecule has 0 unspecified atom stereocenters. The third-order valence-corrected chi connectivity index (χ3v) is 13.1. The van der Waals surface area contributed by atoms with Crippen molar-refractivity contribution in [1.29, 1.82) is 0 Å². The standard InChI is InChI=1S/C58H70N4O5/c1-7-37-61-50-23-14-12-21-48(50)57(3,4)52(61)32-28-44-19-16-20-45(29-33-53-58(5,6)49-22-13-15-24-51(49)62(53)38-8-2)55(44)67-47-30-25-43(26-31-47)27-34-54(63)59-35-39-65-41-42-66-40-36-60-56(64)46-17-10-9-11-18-46/h9-15,17-18,21-26,28-33H,7-8,16,19-20,27,34-42H2,1-6H3,(H-,59,60,63,64)/p+1. The lowest BCUT2D eigenvalue weighted by Gasteiger charge is -2.27. The molecule has 0 saturated carbocycles. The van der Waals surface area contributed by atoms with Crippen molar-refractivity contribution in [2.24, 2.45) is 0 Å². The molecule has 352 valence electrons. The van der Waals surface area contributed by atoms with E-state index in [2.05, 4.69) is 147 Å². The molecule has 9 heteroatoms. The number of allylic oxidation sites excluding steroid dienone is 7. The van der Waals surface area contributed by atoms with Gasteiger partial charge in [0.05, 0.1) is 31.8 Å². The number of ether oxygens (including phenoxy) is 3. The van der Waals surface area contributed by atoms with Crippen molar-refractivity contribution < 1.29 is 28.4 Å². The van der Waals surface area contributed by atoms with Gasteiger partial charge in [0, 0.05) is 72.5 Å². The summed E-state index contributed by atoms with van der Waals surface area (Å²) < 4.78 is 20.7. The van der Waals surface area contributed by atoms with Gasteiger partial charge in [0.1, 0.15) is 18.1 Å². The van der Waals surface area contributed by atoms with E-state index in [0.29, 0.717) is 57.9 Å². The number of rotatable bonds is 22. The fourth-order valence-corrected chi connectivity index (χ4v) is 9.62. The summed E-state index contributed by atoms with van der Waals surface area (Å²) in [6.07, 6.45) is 15.4. The van der Waals surface area contributed by atoms with Crippen LogP contribution < -0.4 is 20.3 Å². The minimum absolute atomic E-state index is 0.0167. The van der Waals surface area contributed by atoms with Crippen LogP contribution in [-0.2, 0) is 31.5 Å². The number of amides is 2. The summed E-state index contributed by atoms with van der Waals surface area (Å²) in [6.45, 7) is 18.3. The number of anilines is 1. The van der Waals surface area contributed by atoms with Gasteiger partial charge in [0.25, 0.3) is 5.91 Å². The Balaban J connectivity index is 0.994. The number of hydrogen-bond acceptors (Lipinski definition) is 6. The highest BCUT2D eigenvalue weighted by molar-refractivity contribution is 6.03. The Morgan fingerprint density at radius 3 is 2.13 bits per heavy atom. The van der Waals surface area contributed by atoms with E-state index in [1.807, 2.05) is 30.3 Å². The van der Waals surface area contributed by atoms with Crippen molar-refractivity contribution >= 4 is 28.9 Å². The van der Waals surface area contributed by atoms with Crippen LogP contribution in [0.5, 0.6) is 5.75 Å². The van der Waals surface area contributed by atoms with E-state index in [4.69, 9.17) is 14.2 Å². The van der Waals surface area contributed by atoms with Crippen LogP contribution >= 0.6 is 0 Å². The first-order valence-electron chi connectivity index (χ1n) is 24.5. The Labute approximate surface area is 399 Å². The molecule has 0 atom stereocenters. The maximum absolute atomic E-state index is 12.7. The van der Waals surface area contributed by atoms with Crippen molar-refractivity contribution in [1.82, 2.24) is 10.6 Å². The first-order valence-corrected chi connectivity index (χ1v) is 24.5. The van der Waals surface area contributed by atoms with Crippen LogP contribution in [0.2, 0.25) is 0 Å². The average molecular weight is 904 g/mol. The maximum Gasteiger partial charge on any atom is 0.251 e. The average Bonchev–Trinajstić information content (AvgIpc) is 3.69. The zero-order valence-corrected chi connectivity index (χ0v) is 40.7. The van der Waals surface area contributed by atoms with E-state index in [0.717, 1.165) is 62.3 Å². The van der Waals surface area contributed by atoms with E-state index < -0.39 is 0 Å². The van der Waals surface area contributed by atoms with Crippen molar-refractivity contribution in [3.05, 3.63) is 172 Å². The predicted octanol–water partition coefficient (Wildman–Crippen LogP) is 11.1. The highest BCUT2D eigenvalue weighted by Crippen LogP contribution is 2.48. The van der Waals surface area contributed by atoms with Crippen molar-refractivity contribution in [3.63, 3.8) is 0 Å². The Hall–Kier alpha value is -6.03. The monoisotopic (exact) mass is 904 g/mol. The van der Waals surface area contributed by atoms with Crippen LogP contribution in [0.1, 0.15) is 107 Å². The minimum atomic E-state index is -0.129. The first kappa shape index (κ1) is 48.9. The SMILES string of the molecule is CCCN1C(=CC=C2CCCC(C=CC3=[N+](CCC)c4ccccc4C3(C)C)=C2Oc2ccc(CCC(=O)NCCOCCOCCNC(=O)c3ccccc3)cc2)C(C)(C)c2ccccc21. The second-order valence-electron chi connectivity index (χ2n) is 18.7. The summed E-state index contributed by atoms with van der Waals surface area (Å²) in [5.41, 5.74) is 11.8. The van der Waals surface area contributed by atoms with Gasteiger partial charge in [-0.15, -0.1) is 0 Å². The van der Waals surface area contributed by atoms with E-state index in [1.54, 1.807) is 12.1 Å². The molecule has 1 aliphatic carbocycles. The molecule has 0 radical (unpaired) electrons. The number of para-hydroxylation sites is 2. The van der Waals surface area contributed by atoms with Crippen LogP contribution in [0.15, 0.2) is 150 Å². The molecule has 7 rings (SSSR count). The Bertz CT molecular complexity index is 2490. The summed E-state index contributed by atoms with van der Waals surface area (Å²) >= 11 is 0. The lowest BCUT2D eigenvalue weighted by molar-refractivity contribution is -0.437. The molecular weight excluding hydrogens is 833 g/mol. The second-order valence-corrected chi connectivity index (χ2v) is 18.7. The molecule has 0 fully saturated rings. The number of fused-ring (bicyclic) bond motifs is 2. The van der Waals surface area contributed by atoms with Gasteiger partial charge < -0.3 is 29.7 Å². The fourth-order valence-electron chi connectivity index (χ4n) is 9.62. The van der Waals surface area contributed by atoms with Gasteiger partial charge in [-0.25, -0.2) is 0 Å². The predicted molar refractivity (Wildman–Crippen MR) is 272 cm³/mol. The topological polar surface area (TPSA) is 92.1 Å². The van der Waals surface area contributed by atoms with Crippen molar-refractivity contribution in [2.45, 2.75) is 97.3 Å². The minimum Gasteiger partial charge on any atom is -0.457 e. The zero-order valence-electron chi connectivity index (χ0n) is 40.7. The second kappa shape index (κ2) is 23.1. The molecule has 4 aromatic rings. The fraction of sp³-hybridized carbons (Fsp3) is 0.397. The largest absolute Gasteiger partial charge is 0.457 e. The van der Waals surface area contributed by atoms with Crippen LogP contribution in [-0.4, -0.2) is 74.7 Å². The summed E-state index contributed by atoms with van der Waals surface area (Å²) in [7, 11) is 0. The highest BCUT2D eigenvalue weighted by Gasteiger charge is 2.44. The third-order valence-electron chi connectivity index (χ3n) is 13.1. The zero-order chi connectivity index (χ0) is 47.2.